The lowest BCUT2D eigenvalue weighted by Gasteiger charge is -2.11. The summed E-state index contributed by atoms with van der Waals surface area (Å²) in [5.74, 6) is 0.407. The molecule has 2 rings (SSSR count). The summed E-state index contributed by atoms with van der Waals surface area (Å²) in [6.45, 7) is 2.11. The predicted molar refractivity (Wildman–Crippen MR) is 72.4 cm³/mol. The quantitative estimate of drug-likeness (QED) is 0.898. The number of carbonyl (C=O) groups excluding carboxylic acids is 1. The van der Waals surface area contributed by atoms with E-state index in [1.165, 1.54) is 0 Å². The molecular weight excluding hydrogens is 275 g/mol. The van der Waals surface area contributed by atoms with E-state index in [4.69, 9.17) is 27.9 Å². The molecule has 0 bridgehead atoms. The smallest absolute Gasteiger partial charge is 0.319 e. The van der Waals surface area contributed by atoms with Gasteiger partial charge < -0.3 is 15.4 Å². The van der Waals surface area contributed by atoms with Gasteiger partial charge in [-0.2, -0.15) is 0 Å². The Morgan fingerprint density at radius 1 is 1.39 bits per heavy atom. The normalized spacial score (nSPS) is 18.7. The number of hydrogen-bond donors (Lipinski definition) is 2. The van der Waals surface area contributed by atoms with Gasteiger partial charge in [0, 0.05) is 24.8 Å². The predicted octanol–water partition coefficient (Wildman–Crippen LogP) is 3.15. The molecule has 0 unspecified atom stereocenters. The molecule has 1 aliphatic rings. The molecule has 6 heteroatoms. The van der Waals surface area contributed by atoms with Crippen LogP contribution in [0.25, 0.3) is 0 Å². The average molecular weight is 289 g/mol. The lowest BCUT2D eigenvalue weighted by Crippen LogP contribution is -2.33. The second-order valence-electron chi connectivity index (χ2n) is 4.19. The molecule has 4 nitrogen and oxygen atoms in total. The zero-order chi connectivity index (χ0) is 13.0. The maximum atomic E-state index is 11.6. The summed E-state index contributed by atoms with van der Waals surface area (Å²) in [7, 11) is 0. The first kappa shape index (κ1) is 13.5. The molecule has 1 heterocycles. The standard InChI is InChI=1S/C12H14Cl2N2O2/c13-10-2-1-9(5-11(10)14)16-12(17)15-6-8-3-4-18-7-8/h1-2,5,8H,3-4,6-7H2,(H2,15,16,17)/t8-/m0/s1. The summed E-state index contributed by atoms with van der Waals surface area (Å²) in [4.78, 5) is 11.6. The third-order valence-electron chi connectivity index (χ3n) is 2.75. The Balaban J connectivity index is 1.80. The van der Waals surface area contributed by atoms with Gasteiger partial charge in [-0.15, -0.1) is 0 Å². The molecule has 0 aliphatic carbocycles. The molecule has 1 aromatic rings. The Bertz CT molecular complexity index is 434. The molecule has 18 heavy (non-hydrogen) atoms. The number of carbonyl (C=O) groups is 1. The van der Waals surface area contributed by atoms with E-state index in [1.54, 1.807) is 18.2 Å². The van der Waals surface area contributed by atoms with Crippen molar-refractivity contribution < 1.29 is 9.53 Å². The number of amides is 2. The summed E-state index contributed by atoms with van der Waals surface area (Å²) in [6.07, 6.45) is 0.993. The fraction of sp³-hybridized carbons (Fsp3) is 0.417. The van der Waals surface area contributed by atoms with Crippen LogP contribution in [0.5, 0.6) is 0 Å². The van der Waals surface area contributed by atoms with E-state index in [9.17, 15) is 4.79 Å². The molecule has 1 aromatic carbocycles. The Morgan fingerprint density at radius 3 is 2.89 bits per heavy atom. The summed E-state index contributed by atoms with van der Waals surface area (Å²) >= 11 is 11.6. The van der Waals surface area contributed by atoms with Gasteiger partial charge in [0.05, 0.1) is 16.7 Å². The highest BCUT2D eigenvalue weighted by Crippen LogP contribution is 2.24. The van der Waals surface area contributed by atoms with Crippen molar-refractivity contribution >= 4 is 34.9 Å². The molecule has 1 aliphatic heterocycles. The first-order chi connectivity index (χ1) is 8.65. The number of halogens is 2. The minimum Gasteiger partial charge on any atom is -0.381 e. The highest BCUT2D eigenvalue weighted by molar-refractivity contribution is 6.42. The molecule has 2 N–H and O–H groups in total. The van der Waals surface area contributed by atoms with Gasteiger partial charge in [0.2, 0.25) is 0 Å². The van der Waals surface area contributed by atoms with Crippen molar-refractivity contribution in [3.8, 4) is 0 Å². The molecular formula is C12H14Cl2N2O2. The van der Waals surface area contributed by atoms with E-state index < -0.39 is 0 Å². The van der Waals surface area contributed by atoms with Crippen molar-refractivity contribution in [1.29, 1.82) is 0 Å². The number of nitrogens with one attached hydrogen (secondary N) is 2. The second kappa shape index (κ2) is 6.27. The van der Waals surface area contributed by atoms with Crippen molar-refractivity contribution in [2.45, 2.75) is 6.42 Å². The number of ether oxygens (including phenoxy) is 1. The van der Waals surface area contributed by atoms with E-state index in [1.807, 2.05) is 0 Å². The van der Waals surface area contributed by atoms with Gasteiger partial charge in [-0.25, -0.2) is 4.79 Å². The Hall–Kier alpha value is -0.970. The molecule has 0 spiro atoms. The molecule has 1 atom stereocenters. The molecule has 0 aromatic heterocycles. The summed E-state index contributed by atoms with van der Waals surface area (Å²) in [5, 5.41) is 6.38. The molecule has 2 amide bonds. The SMILES string of the molecule is O=C(NC[C@@H]1CCOC1)Nc1ccc(Cl)c(Cl)c1. The maximum absolute atomic E-state index is 11.6. The van der Waals surface area contributed by atoms with Gasteiger partial charge >= 0.3 is 6.03 Å². The minimum absolute atomic E-state index is 0.250. The average Bonchev–Trinajstić information content (AvgIpc) is 2.84. The lowest BCUT2D eigenvalue weighted by molar-refractivity contribution is 0.185. The molecule has 98 valence electrons. The van der Waals surface area contributed by atoms with Crippen LogP contribution < -0.4 is 10.6 Å². The van der Waals surface area contributed by atoms with Crippen LogP contribution in [0.4, 0.5) is 10.5 Å². The fourth-order valence-electron chi connectivity index (χ4n) is 1.73. The van der Waals surface area contributed by atoms with Gasteiger partial charge in [-0.3, -0.25) is 0 Å². The van der Waals surface area contributed by atoms with Gasteiger partial charge in [0.15, 0.2) is 0 Å². The van der Waals surface area contributed by atoms with Crippen LogP contribution in [0, 0.1) is 5.92 Å². The molecule has 1 saturated heterocycles. The molecule has 0 saturated carbocycles. The van der Waals surface area contributed by atoms with Crippen molar-refractivity contribution in [3.63, 3.8) is 0 Å². The van der Waals surface area contributed by atoms with E-state index in [2.05, 4.69) is 10.6 Å². The number of anilines is 1. The summed E-state index contributed by atoms with van der Waals surface area (Å²) < 4.78 is 5.23. The van der Waals surface area contributed by atoms with E-state index in [0.29, 0.717) is 34.8 Å². The highest BCUT2D eigenvalue weighted by atomic mass is 35.5. The Morgan fingerprint density at radius 2 is 2.22 bits per heavy atom. The Kier molecular flexibility index (Phi) is 4.69. The van der Waals surface area contributed by atoms with Crippen molar-refractivity contribution in [2.24, 2.45) is 5.92 Å². The van der Waals surface area contributed by atoms with Crippen molar-refractivity contribution in [3.05, 3.63) is 28.2 Å². The number of hydrogen-bond acceptors (Lipinski definition) is 2. The van der Waals surface area contributed by atoms with Gasteiger partial charge in [-0.1, -0.05) is 23.2 Å². The van der Waals surface area contributed by atoms with Crippen LogP contribution in [0.1, 0.15) is 6.42 Å². The topological polar surface area (TPSA) is 50.4 Å². The first-order valence-corrected chi connectivity index (χ1v) is 6.48. The van der Waals surface area contributed by atoms with Gasteiger partial charge in [0.1, 0.15) is 0 Å². The third-order valence-corrected chi connectivity index (χ3v) is 3.49. The largest absolute Gasteiger partial charge is 0.381 e. The van der Waals surface area contributed by atoms with E-state index >= 15 is 0 Å². The van der Waals surface area contributed by atoms with Gasteiger partial charge in [-0.05, 0) is 24.6 Å². The number of urea groups is 1. The molecule has 1 fully saturated rings. The number of benzene rings is 1. The maximum Gasteiger partial charge on any atom is 0.319 e. The summed E-state index contributed by atoms with van der Waals surface area (Å²) in [5.41, 5.74) is 0.615. The lowest BCUT2D eigenvalue weighted by atomic mass is 10.1. The van der Waals surface area contributed by atoms with Crippen LogP contribution >= 0.6 is 23.2 Å². The highest BCUT2D eigenvalue weighted by Gasteiger charge is 2.16. The van der Waals surface area contributed by atoms with Crippen LogP contribution in [0.2, 0.25) is 10.0 Å². The van der Waals surface area contributed by atoms with E-state index in [-0.39, 0.29) is 6.03 Å². The zero-order valence-corrected chi connectivity index (χ0v) is 11.2. The third kappa shape index (κ3) is 3.77. The summed E-state index contributed by atoms with van der Waals surface area (Å²) in [6, 6.07) is 4.71. The van der Waals surface area contributed by atoms with E-state index in [0.717, 1.165) is 13.0 Å². The second-order valence-corrected chi connectivity index (χ2v) is 5.01. The van der Waals surface area contributed by atoms with Crippen LogP contribution in [-0.2, 0) is 4.74 Å². The monoisotopic (exact) mass is 288 g/mol. The minimum atomic E-state index is -0.250. The number of rotatable bonds is 3. The first-order valence-electron chi connectivity index (χ1n) is 5.73. The zero-order valence-electron chi connectivity index (χ0n) is 9.71. The van der Waals surface area contributed by atoms with Crippen LogP contribution in [0.3, 0.4) is 0 Å². The van der Waals surface area contributed by atoms with Crippen LogP contribution in [-0.4, -0.2) is 25.8 Å². The van der Waals surface area contributed by atoms with Crippen LogP contribution in [0.15, 0.2) is 18.2 Å². The Labute approximate surface area is 116 Å². The molecule has 0 radical (unpaired) electrons. The van der Waals surface area contributed by atoms with Gasteiger partial charge in [0.25, 0.3) is 0 Å². The van der Waals surface area contributed by atoms with Crippen molar-refractivity contribution in [2.75, 3.05) is 25.1 Å². The van der Waals surface area contributed by atoms with Crippen molar-refractivity contribution in [1.82, 2.24) is 5.32 Å². The fourth-order valence-corrected chi connectivity index (χ4v) is 2.03.